The minimum atomic E-state index is -1.11. The molecule has 0 aromatic rings. The van der Waals surface area contributed by atoms with Gasteiger partial charge in [0.2, 0.25) is 0 Å². The van der Waals surface area contributed by atoms with Crippen molar-refractivity contribution >= 4 is 28.6 Å². The summed E-state index contributed by atoms with van der Waals surface area (Å²) < 4.78 is 0.434. The van der Waals surface area contributed by atoms with Gasteiger partial charge >= 0.3 is 5.97 Å². The summed E-state index contributed by atoms with van der Waals surface area (Å²) in [5.74, 6) is -0.933. The second-order valence-electron chi connectivity index (χ2n) is 2.76. The minimum absolute atomic E-state index is 0.434. The van der Waals surface area contributed by atoms with Crippen LogP contribution in [-0.2, 0) is 4.79 Å². The van der Waals surface area contributed by atoms with Crippen LogP contribution in [0.2, 0.25) is 0 Å². The molecule has 0 fully saturated rings. The molecule has 0 aliphatic heterocycles. The highest BCUT2D eigenvalue weighted by molar-refractivity contribution is 14.1. The molecule has 2 atom stereocenters. The van der Waals surface area contributed by atoms with Gasteiger partial charge in [-0.2, -0.15) is 0 Å². The van der Waals surface area contributed by atoms with Gasteiger partial charge in [0.1, 0.15) is 5.54 Å². The van der Waals surface area contributed by atoms with Crippen molar-refractivity contribution in [2.24, 2.45) is 5.73 Å². The van der Waals surface area contributed by atoms with E-state index < -0.39 is 11.5 Å². The molecule has 0 aromatic carbocycles. The Labute approximate surface area is 78.8 Å². The average Bonchev–Trinajstić information content (AvgIpc) is 1.95. The molecule has 0 saturated carbocycles. The lowest BCUT2D eigenvalue weighted by Gasteiger charge is -2.25. The van der Waals surface area contributed by atoms with Crippen molar-refractivity contribution < 1.29 is 9.90 Å². The number of aliphatic carboxylic acids is 1. The molecule has 62 valence electrons. The van der Waals surface area contributed by atoms with Gasteiger partial charge in [0.25, 0.3) is 0 Å². The molecule has 0 saturated heterocycles. The molecular formula is C7H10INO2. The summed E-state index contributed by atoms with van der Waals surface area (Å²) in [5.41, 5.74) is 4.46. The minimum Gasteiger partial charge on any atom is -0.480 e. The van der Waals surface area contributed by atoms with Gasteiger partial charge in [-0.05, 0) is 12.8 Å². The fraction of sp³-hybridized carbons (Fsp3) is 0.571. The van der Waals surface area contributed by atoms with E-state index in [0.717, 1.165) is 6.42 Å². The van der Waals surface area contributed by atoms with Gasteiger partial charge in [-0.15, -0.1) is 0 Å². The molecule has 0 aromatic heterocycles. The normalized spacial score (nSPS) is 37.1. The number of nitrogens with two attached hydrogens (primary N) is 1. The zero-order valence-electron chi connectivity index (χ0n) is 5.96. The maximum absolute atomic E-state index is 10.6. The number of rotatable bonds is 1. The van der Waals surface area contributed by atoms with E-state index in [9.17, 15) is 4.79 Å². The third-order valence-electron chi connectivity index (χ3n) is 1.83. The van der Waals surface area contributed by atoms with Gasteiger partial charge in [-0.1, -0.05) is 34.7 Å². The Morgan fingerprint density at radius 1 is 1.82 bits per heavy atom. The Bertz CT molecular complexity index is 205. The monoisotopic (exact) mass is 267 g/mol. The number of hydrogen-bond donors (Lipinski definition) is 2. The zero-order valence-corrected chi connectivity index (χ0v) is 8.11. The molecule has 3 N–H and O–H groups in total. The van der Waals surface area contributed by atoms with Gasteiger partial charge in [0.05, 0.1) is 0 Å². The quantitative estimate of drug-likeness (QED) is 0.422. The van der Waals surface area contributed by atoms with E-state index in [0.29, 0.717) is 10.3 Å². The van der Waals surface area contributed by atoms with E-state index in [1.165, 1.54) is 0 Å². The number of carbonyl (C=O) groups is 1. The van der Waals surface area contributed by atoms with Crippen LogP contribution in [0.4, 0.5) is 0 Å². The SMILES string of the molecule is NC1(C(=O)O)C=CC(I)CC1. The molecule has 1 aliphatic carbocycles. The molecule has 3 nitrogen and oxygen atoms in total. The smallest absolute Gasteiger partial charge is 0.327 e. The fourth-order valence-electron chi connectivity index (χ4n) is 1.01. The van der Waals surface area contributed by atoms with Crippen molar-refractivity contribution in [1.29, 1.82) is 0 Å². The van der Waals surface area contributed by atoms with E-state index in [1.807, 2.05) is 6.08 Å². The molecule has 1 aliphatic rings. The first-order valence-electron chi connectivity index (χ1n) is 3.40. The number of halogens is 1. The summed E-state index contributed by atoms with van der Waals surface area (Å²) in [6.07, 6.45) is 4.83. The molecule has 0 amide bonds. The summed E-state index contributed by atoms with van der Waals surface area (Å²) in [6.45, 7) is 0. The lowest BCUT2D eigenvalue weighted by atomic mass is 9.89. The van der Waals surface area contributed by atoms with Crippen LogP contribution in [0, 0.1) is 0 Å². The molecule has 4 heteroatoms. The Kier molecular flexibility index (Phi) is 2.54. The van der Waals surface area contributed by atoms with Gasteiger partial charge < -0.3 is 10.8 Å². The van der Waals surface area contributed by atoms with E-state index in [-0.39, 0.29) is 0 Å². The highest BCUT2D eigenvalue weighted by Crippen LogP contribution is 2.24. The Balaban J connectivity index is 2.76. The summed E-state index contributed by atoms with van der Waals surface area (Å²) >= 11 is 2.26. The predicted molar refractivity (Wildman–Crippen MR) is 50.7 cm³/mol. The summed E-state index contributed by atoms with van der Waals surface area (Å²) in [5, 5.41) is 8.71. The molecule has 11 heavy (non-hydrogen) atoms. The number of hydrogen-bond acceptors (Lipinski definition) is 2. The van der Waals surface area contributed by atoms with Gasteiger partial charge in [-0.25, -0.2) is 4.79 Å². The van der Waals surface area contributed by atoms with Crippen LogP contribution in [0.25, 0.3) is 0 Å². The number of carboxylic acid groups (broad SMARTS) is 1. The molecule has 0 radical (unpaired) electrons. The average molecular weight is 267 g/mol. The first kappa shape index (κ1) is 8.99. The van der Waals surface area contributed by atoms with Crippen molar-refractivity contribution in [3.8, 4) is 0 Å². The van der Waals surface area contributed by atoms with E-state index >= 15 is 0 Å². The van der Waals surface area contributed by atoms with E-state index in [4.69, 9.17) is 10.8 Å². The maximum atomic E-state index is 10.6. The molecular weight excluding hydrogens is 257 g/mol. The van der Waals surface area contributed by atoms with E-state index in [2.05, 4.69) is 22.6 Å². The molecule has 0 bridgehead atoms. The molecule has 0 spiro atoms. The Morgan fingerprint density at radius 3 is 2.82 bits per heavy atom. The van der Waals surface area contributed by atoms with Crippen LogP contribution in [-0.4, -0.2) is 20.5 Å². The van der Waals surface area contributed by atoms with Crippen LogP contribution >= 0.6 is 22.6 Å². The standard InChI is InChI=1S/C7H10INO2/c8-5-1-3-7(9,4-2-5)6(10)11/h1,3,5H,2,4,9H2,(H,10,11). The summed E-state index contributed by atoms with van der Waals surface area (Å²) in [6, 6.07) is 0. The largest absolute Gasteiger partial charge is 0.480 e. The van der Waals surface area contributed by atoms with Crippen LogP contribution in [0.1, 0.15) is 12.8 Å². The molecule has 0 heterocycles. The van der Waals surface area contributed by atoms with Crippen LogP contribution in [0.5, 0.6) is 0 Å². The van der Waals surface area contributed by atoms with Gasteiger partial charge in [0, 0.05) is 3.92 Å². The third kappa shape index (κ3) is 1.93. The van der Waals surface area contributed by atoms with Crippen molar-refractivity contribution in [3.05, 3.63) is 12.2 Å². The third-order valence-corrected chi connectivity index (χ3v) is 2.87. The van der Waals surface area contributed by atoms with Gasteiger partial charge in [0.15, 0.2) is 0 Å². The van der Waals surface area contributed by atoms with Crippen molar-refractivity contribution in [1.82, 2.24) is 0 Å². The zero-order chi connectivity index (χ0) is 8.48. The van der Waals surface area contributed by atoms with Gasteiger partial charge in [-0.3, -0.25) is 0 Å². The lowest BCUT2D eigenvalue weighted by molar-refractivity contribution is -0.141. The Hall–Kier alpha value is -0.100. The van der Waals surface area contributed by atoms with Crippen molar-refractivity contribution in [3.63, 3.8) is 0 Å². The van der Waals surface area contributed by atoms with Crippen LogP contribution in [0.3, 0.4) is 0 Å². The second-order valence-corrected chi connectivity index (χ2v) is 4.36. The molecule has 1 rings (SSSR count). The van der Waals surface area contributed by atoms with Crippen molar-refractivity contribution in [2.75, 3.05) is 0 Å². The van der Waals surface area contributed by atoms with Crippen LogP contribution in [0.15, 0.2) is 12.2 Å². The van der Waals surface area contributed by atoms with Crippen LogP contribution < -0.4 is 5.73 Å². The van der Waals surface area contributed by atoms with Crippen molar-refractivity contribution in [2.45, 2.75) is 22.3 Å². The fourth-order valence-corrected chi connectivity index (χ4v) is 1.53. The highest BCUT2D eigenvalue weighted by Gasteiger charge is 2.33. The number of carboxylic acids is 1. The lowest BCUT2D eigenvalue weighted by Crippen LogP contribution is -2.47. The number of allylic oxidation sites excluding steroid dienone is 1. The maximum Gasteiger partial charge on any atom is 0.327 e. The molecule has 2 unspecified atom stereocenters. The predicted octanol–water partition coefficient (Wildman–Crippen LogP) is 0.922. The highest BCUT2D eigenvalue weighted by atomic mass is 127. The summed E-state index contributed by atoms with van der Waals surface area (Å²) in [4.78, 5) is 10.6. The Morgan fingerprint density at radius 2 is 2.45 bits per heavy atom. The second kappa shape index (κ2) is 3.10. The summed E-state index contributed by atoms with van der Waals surface area (Å²) in [7, 11) is 0. The number of alkyl halides is 1. The van der Waals surface area contributed by atoms with E-state index in [1.54, 1.807) is 6.08 Å². The topological polar surface area (TPSA) is 63.3 Å². The first-order valence-corrected chi connectivity index (χ1v) is 4.65. The first-order chi connectivity index (χ1) is 5.04.